The van der Waals surface area contributed by atoms with Gasteiger partial charge in [-0.05, 0) is 31.4 Å². The maximum atomic E-state index is 3.84. The van der Waals surface area contributed by atoms with Gasteiger partial charge >= 0.3 is 0 Å². The zero-order chi connectivity index (χ0) is 10.8. The van der Waals surface area contributed by atoms with Crippen LogP contribution in [0.1, 0.15) is 31.0 Å². The van der Waals surface area contributed by atoms with Crippen LogP contribution in [0.15, 0.2) is 36.9 Å². The van der Waals surface area contributed by atoms with E-state index < -0.39 is 0 Å². The molecular weight excluding hydrogens is 182 g/mol. The van der Waals surface area contributed by atoms with Gasteiger partial charge in [0.25, 0.3) is 0 Å². The minimum absolute atomic E-state index is 0.517. The molecule has 0 aromatic heterocycles. The molecular formula is C14H19N. The van der Waals surface area contributed by atoms with E-state index in [4.69, 9.17) is 0 Å². The van der Waals surface area contributed by atoms with Gasteiger partial charge in [0.2, 0.25) is 0 Å². The Labute approximate surface area is 92.4 Å². The summed E-state index contributed by atoms with van der Waals surface area (Å²) in [6.07, 6.45) is 3.16. The lowest BCUT2D eigenvalue weighted by Gasteiger charge is -2.39. The molecule has 0 saturated heterocycles. The average molecular weight is 201 g/mol. The summed E-state index contributed by atoms with van der Waals surface area (Å²) in [4.78, 5) is 2.51. The van der Waals surface area contributed by atoms with E-state index in [1.165, 1.54) is 11.1 Å². The Balaban J connectivity index is 2.33. The summed E-state index contributed by atoms with van der Waals surface area (Å²) in [7, 11) is 0. The van der Waals surface area contributed by atoms with Crippen LogP contribution in [0.4, 0.5) is 0 Å². The molecule has 0 radical (unpaired) electrons. The largest absolute Gasteiger partial charge is 0.290 e. The minimum atomic E-state index is 0.517. The molecule has 0 saturated carbocycles. The fourth-order valence-electron chi connectivity index (χ4n) is 2.61. The second kappa shape index (κ2) is 4.19. The third-order valence-electron chi connectivity index (χ3n) is 3.42. The summed E-state index contributed by atoms with van der Waals surface area (Å²) in [6.45, 7) is 9.41. The first-order chi connectivity index (χ1) is 7.24. The van der Waals surface area contributed by atoms with E-state index in [2.05, 4.69) is 49.6 Å². The van der Waals surface area contributed by atoms with Crippen LogP contribution in [0.5, 0.6) is 0 Å². The van der Waals surface area contributed by atoms with Crippen LogP contribution in [-0.2, 0) is 6.42 Å². The monoisotopic (exact) mass is 201 g/mol. The molecule has 1 heterocycles. The van der Waals surface area contributed by atoms with Gasteiger partial charge in [-0.25, -0.2) is 0 Å². The van der Waals surface area contributed by atoms with Crippen molar-refractivity contribution in [2.45, 2.75) is 32.4 Å². The van der Waals surface area contributed by atoms with Crippen molar-refractivity contribution in [3.8, 4) is 0 Å². The molecule has 0 unspecified atom stereocenters. The van der Waals surface area contributed by atoms with Crippen molar-refractivity contribution < 1.29 is 0 Å². The number of nitrogens with zero attached hydrogens (tertiary/aromatic N) is 1. The lowest BCUT2D eigenvalue weighted by molar-refractivity contribution is 0.157. The molecule has 15 heavy (non-hydrogen) atoms. The molecule has 0 bridgehead atoms. The Kier molecular flexibility index (Phi) is 2.92. The van der Waals surface area contributed by atoms with Crippen LogP contribution in [0.25, 0.3) is 0 Å². The number of hydrogen-bond donors (Lipinski definition) is 0. The van der Waals surface area contributed by atoms with Gasteiger partial charge in [-0.15, -0.1) is 6.58 Å². The van der Waals surface area contributed by atoms with E-state index in [1.807, 2.05) is 6.08 Å². The second-order valence-electron chi connectivity index (χ2n) is 4.41. The van der Waals surface area contributed by atoms with Gasteiger partial charge in [0.05, 0.1) is 0 Å². The fraction of sp³-hybridized carbons (Fsp3) is 0.429. The van der Waals surface area contributed by atoms with Gasteiger partial charge in [-0.1, -0.05) is 30.3 Å². The molecule has 1 aliphatic heterocycles. The molecule has 2 rings (SSSR count). The van der Waals surface area contributed by atoms with Crippen LogP contribution in [0.3, 0.4) is 0 Å². The summed E-state index contributed by atoms with van der Waals surface area (Å²) in [5, 5.41) is 0. The standard InChI is InChI=1S/C14H19N/c1-4-9-15-11(2)10-13-7-5-6-8-14(13)12(15)3/h4-8,11-12H,1,9-10H2,2-3H3/t11-,12+/m0/s1. The SMILES string of the molecule is C=CCN1[C@H](C)c2ccccc2C[C@@H]1C. The van der Waals surface area contributed by atoms with E-state index in [0.29, 0.717) is 12.1 Å². The first-order valence-corrected chi connectivity index (χ1v) is 5.68. The van der Waals surface area contributed by atoms with Gasteiger partial charge < -0.3 is 0 Å². The highest BCUT2D eigenvalue weighted by Gasteiger charge is 2.27. The molecule has 0 aliphatic carbocycles. The highest BCUT2D eigenvalue weighted by Crippen LogP contribution is 2.32. The first-order valence-electron chi connectivity index (χ1n) is 5.68. The Morgan fingerprint density at radius 3 is 2.87 bits per heavy atom. The summed E-state index contributed by atoms with van der Waals surface area (Å²) < 4.78 is 0. The lowest BCUT2D eigenvalue weighted by Crippen LogP contribution is -2.40. The van der Waals surface area contributed by atoms with Crippen LogP contribution < -0.4 is 0 Å². The predicted molar refractivity (Wildman–Crippen MR) is 64.9 cm³/mol. The van der Waals surface area contributed by atoms with Crippen molar-refractivity contribution in [3.63, 3.8) is 0 Å². The fourth-order valence-corrected chi connectivity index (χ4v) is 2.61. The molecule has 1 aliphatic rings. The maximum Gasteiger partial charge on any atom is 0.0328 e. The number of hydrogen-bond acceptors (Lipinski definition) is 1. The van der Waals surface area contributed by atoms with Crippen LogP contribution >= 0.6 is 0 Å². The minimum Gasteiger partial charge on any atom is -0.290 e. The number of rotatable bonds is 2. The Morgan fingerprint density at radius 2 is 2.13 bits per heavy atom. The summed E-state index contributed by atoms with van der Waals surface area (Å²) in [5.41, 5.74) is 3.00. The zero-order valence-corrected chi connectivity index (χ0v) is 9.61. The smallest absolute Gasteiger partial charge is 0.0328 e. The third kappa shape index (κ3) is 1.84. The highest BCUT2D eigenvalue weighted by atomic mass is 15.2. The highest BCUT2D eigenvalue weighted by molar-refractivity contribution is 5.33. The molecule has 1 heteroatoms. The lowest BCUT2D eigenvalue weighted by atomic mass is 9.89. The molecule has 0 spiro atoms. The molecule has 1 aromatic carbocycles. The Bertz CT molecular complexity index is 356. The van der Waals surface area contributed by atoms with Crippen molar-refractivity contribution in [2.75, 3.05) is 6.54 Å². The average Bonchev–Trinajstić information content (AvgIpc) is 2.24. The molecule has 1 nitrogen and oxygen atoms in total. The van der Waals surface area contributed by atoms with Crippen LogP contribution in [0.2, 0.25) is 0 Å². The van der Waals surface area contributed by atoms with Gasteiger partial charge in [0.1, 0.15) is 0 Å². The molecule has 1 aromatic rings. The summed E-state index contributed by atoms with van der Waals surface area (Å²) in [6, 6.07) is 9.92. The van der Waals surface area contributed by atoms with Crippen LogP contribution in [0, 0.1) is 0 Å². The van der Waals surface area contributed by atoms with E-state index in [0.717, 1.165) is 13.0 Å². The zero-order valence-electron chi connectivity index (χ0n) is 9.61. The quantitative estimate of drug-likeness (QED) is 0.664. The first kappa shape index (κ1) is 10.4. The van der Waals surface area contributed by atoms with Gasteiger partial charge in [-0.2, -0.15) is 0 Å². The molecule has 2 atom stereocenters. The molecule has 80 valence electrons. The van der Waals surface area contributed by atoms with Crippen molar-refractivity contribution in [2.24, 2.45) is 0 Å². The van der Waals surface area contributed by atoms with Gasteiger partial charge in [-0.3, -0.25) is 4.90 Å². The van der Waals surface area contributed by atoms with Crippen LogP contribution in [-0.4, -0.2) is 17.5 Å². The normalized spacial score (nSPS) is 26.0. The van der Waals surface area contributed by atoms with E-state index in [-0.39, 0.29) is 0 Å². The molecule has 0 fully saturated rings. The molecule has 0 N–H and O–H groups in total. The van der Waals surface area contributed by atoms with E-state index in [9.17, 15) is 0 Å². The Hall–Kier alpha value is -1.08. The van der Waals surface area contributed by atoms with Gasteiger partial charge in [0.15, 0.2) is 0 Å². The molecule has 0 amide bonds. The van der Waals surface area contributed by atoms with Crippen molar-refractivity contribution in [1.82, 2.24) is 4.90 Å². The second-order valence-corrected chi connectivity index (χ2v) is 4.41. The summed E-state index contributed by atoms with van der Waals surface area (Å²) >= 11 is 0. The summed E-state index contributed by atoms with van der Waals surface area (Å²) in [5.74, 6) is 0. The van der Waals surface area contributed by atoms with Crippen molar-refractivity contribution in [3.05, 3.63) is 48.0 Å². The third-order valence-corrected chi connectivity index (χ3v) is 3.42. The van der Waals surface area contributed by atoms with E-state index >= 15 is 0 Å². The van der Waals surface area contributed by atoms with E-state index in [1.54, 1.807) is 0 Å². The number of fused-ring (bicyclic) bond motifs is 1. The predicted octanol–water partition coefficient (Wildman–Crippen LogP) is 3.18. The van der Waals surface area contributed by atoms with Crippen molar-refractivity contribution >= 4 is 0 Å². The topological polar surface area (TPSA) is 3.24 Å². The van der Waals surface area contributed by atoms with Crippen molar-refractivity contribution in [1.29, 1.82) is 0 Å². The van der Waals surface area contributed by atoms with Gasteiger partial charge in [0, 0.05) is 18.6 Å². The Morgan fingerprint density at radius 1 is 1.40 bits per heavy atom. The maximum absolute atomic E-state index is 3.84. The number of benzene rings is 1.